The van der Waals surface area contributed by atoms with Crippen LogP contribution in [0.5, 0.6) is 0 Å². The van der Waals surface area contributed by atoms with Gasteiger partial charge in [-0.15, -0.1) is 0 Å². The Morgan fingerprint density at radius 1 is 1.11 bits per heavy atom. The minimum atomic E-state index is 0.0851. The van der Waals surface area contributed by atoms with Gasteiger partial charge in [-0.25, -0.2) is 4.57 Å². The van der Waals surface area contributed by atoms with Crippen LogP contribution in [0.1, 0.15) is 16.1 Å². The third-order valence-electron chi connectivity index (χ3n) is 3.48. The van der Waals surface area contributed by atoms with Crippen LogP contribution in [0, 0.1) is 0 Å². The Kier molecular flexibility index (Phi) is 2.67. The maximum absolute atomic E-state index is 12.4. The number of aryl methyl sites for hydroxylation is 1. The third-order valence-corrected chi connectivity index (χ3v) is 3.48. The van der Waals surface area contributed by atoms with Crippen molar-refractivity contribution >= 4 is 17.5 Å². The number of nitrogens with zero attached hydrogens (tertiary/aromatic N) is 2. The van der Waals surface area contributed by atoms with Crippen molar-refractivity contribution in [2.24, 2.45) is 7.05 Å². The first-order valence-electron chi connectivity index (χ1n) is 6.22. The number of likely N-dealkylation sites (N-methyl/N-ethyl adjacent to an activating group) is 1. The Balaban J connectivity index is 2.10. The van der Waals surface area contributed by atoms with Crippen LogP contribution in [-0.2, 0) is 7.05 Å². The van der Waals surface area contributed by atoms with Crippen molar-refractivity contribution in [2.45, 2.75) is 0 Å². The molecule has 1 aromatic heterocycles. The van der Waals surface area contributed by atoms with Gasteiger partial charge in [0.1, 0.15) is 7.05 Å². The second-order valence-corrected chi connectivity index (χ2v) is 4.67. The molecule has 2 aromatic rings. The predicted molar refractivity (Wildman–Crippen MR) is 74.8 cm³/mol. The number of allylic oxidation sites excluding steroid dienone is 1. The van der Waals surface area contributed by atoms with E-state index in [0.29, 0.717) is 5.70 Å². The minimum absolute atomic E-state index is 0.0851. The van der Waals surface area contributed by atoms with Gasteiger partial charge in [0.15, 0.2) is 6.20 Å². The first kappa shape index (κ1) is 11.7. The Bertz CT molecular complexity index is 689. The second-order valence-electron chi connectivity index (χ2n) is 4.67. The molecule has 1 aromatic carbocycles. The fourth-order valence-corrected chi connectivity index (χ4v) is 2.37. The summed E-state index contributed by atoms with van der Waals surface area (Å²) in [5.74, 6) is 0.0851. The molecule has 0 radical (unpaired) electrons. The molecule has 0 saturated heterocycles. The van der Waals surface area contributed by atoms with E-state index >= 15 is 0 Å². The highest BCUT2D eigenvalue weighted by molar-refractivity contribution is 6.20. The van der Waals surface area contributed by atoms with Gasteiger partial charge in [-0.1, -0.05) is 12.1 Å². The highest BCUT2D eigenvalue weighted by Crippen LogP contribution is 2.33. The molecule has 0 amide bonds. The van der Waals surface area contributed by atoms with Gasteiger partial charge in [0.05, 0.1) is 11.4 Å². The molecule has 0 spiro atoms. The quantitative estimate of drug-likeness (QED) is 0.573. The van der Waals surface area contributed by atoms with Crippen LogP contribution < -0.4 is 9.47 Å². The molecule has 3 heteroatoms. The maximum Gasteiger partial charge on any atom is 0.211 e. The molecule has 0 bridgehead atoms. The molecule has 1 aliphatic rings. The molecule has 0 atom stereocenters. The van der Waals surface area contributed by atoms with Crippen LogP contribution in [0.3, 0.4) is 0 Å². The zero-order valence-electron chi connectivity index (χ0n) is 11.0. The summed E-state index contributed by atoms with van der Waals surface area (Å²) in [5, 5.41) is 0. The van der Waals surface area contributed by atoms with Gasteiger partial charge in [0.2, 0.25) is 11.5 Å². The average Bonchev–Trinajstić information content (AvgIpc) is 2.67. The number of benzene rings is 1. The first-order chi connectivity index (χ1) is 9.18. The smallest absolute Gasteiger partial charge is 0.211 e. The Morgan fingerprint density at radius 3 is 2.58 bits per heavy atom. The Labute approximate surface area is 112 Å². The van der Waals surface area contributed by atoms with Crippen LogP contribution in [0.25, 0.3) is 6.08 Å². The molecule has 3 nitrogen and oxygen atoms in total. The van der Waals surface area contributed by atoms with Gasteiger partial charge in [-0.05, 0) is 18.2 Å². The predicted octanol–water partition coefficient (Wildman–Crippen LogP) is 2.18. The summed E-state index contributed by atoms with van der Waals surface area (Å²) in [4.78, 5) is 14.4. The number of rotatable bonds is 1. The largest absolute Gasteiger partial charge is 0.341 e. The number of ketones is 1. The molecule has 2 heterocycles. The lowest BCUT2D eigenvalue weighted by atomic mass is 10.1. The van der Waals surface area contributed by atoms with E-state index < -0.39 is 0 Å². The van der Waals surface area contributed by atoms with Crippen molar-refractivity contribution in [1.29, 1.82) is 0 Å². The van der Waals surface area contributed by atoms with Gasteiger partial charge in [0.25, 0.3) is 0 Å². The van der Waals surface area contributed by atoms with Crippen molar-refractivity contribution in [3.8, 4) is 0 Å². The second kappa shape index (κ2) is 4.35. The summed E-state index contributed by atoms with van der Waals surface area (Å²) in [6.07, 6.45) is 3.90. The summed E-state index contributed by atoms with van der Waals surface area (Å²) in [6, 6.07) is 13.6. The Hall–Kier alpha value is -2.42. The van der Waals surface area contributed by atoms with Gasteiger partial charge in [-0.2, -0.15) is 0 Å². The molecule has 0 N–H and O–H groups in total. The maximum atomic E-state index is 12.4. The van der Waals surface area contributed by atoms with E-state index in [4.69, 9.17) is 0 Å². The van der Waals surface area contributed by atoms with Gasteiger partial charge in [-0.3, -0.25) is 4.79 Å². The standard InChI is InChI=1S/C16H15N2O/c1-17-10-6-5-7-12(17)11-15-16(19)13-8-3-4-9-14(13)18(15)2/h3-11H,1-2H3/q+1. The van der Waals surface area contributed by atoms with Crippen molar-refractivity contribution in [3.63, 3.8) is 0 Å². The van der Waals surface area contributed by atoms with E-state index in [1.54, 1.807) is 0 Å². The molecule has 94 valence electrons. The zero-order valence-corrected chi connectivity index (χ0v) is 11.0. The fraction of sp³-hybridized carbons (Fsp3) is 0.125. The van der Waals surface area contributed by atoms with E-state index in [0.717, 1.165) is 16.9 Å². The lowest BCUT2D eigenvalue weighted by molar-refractivity contribution is -0.673. The van der Waals surface area contributed by atoms with E-state index in [-0.39, 0.29) is 5.78 Å². The number of hydrogen-bond acceptors (Lipinski definition) is 2. The minimum Gasteiger partial charge on any atom is -0.341 e. The van der Waals surface area contributed by atoms with Crippen LogP contribution in [0.4, 0.5) is 5.69 Å². The molecule has 0 fully saturated rings. The summed E-state index contributed by atoms with van der Waals surface area (Å²) in [5.41, 5.74) is 3.46. The summed E-state index contributed by atoms with van der Waals surface area (Å²) >= 11 is 0. The molecule has 0 saturated carbocycles. The fourth-order valence-electron chi connectivity index (χ4n) is 2.37. The van der Waals surface area contributed by atoms with Crippen molar-refractivity contribution in [2.75, 3.05) is 11.9 Å². The van der Waals surface area contributed by atoms with Crippen LogP contribution >= 0.6 is 0 Å². The van der Waals surface area contributed by atoms with Crippen LogP contribution in [-0.4, -0.2) is 12.8 Å². The molecular weight excluding hydrogens is 236 g/mol. The summed E-state index contributed by atoms with van der Waals surface area (Å²) in [6.45, 7) is 0. The molecule has 0 unspecified atom stereocenters. The van der Waals surface area contributed by atoms with Crippen LogP contribution in [0.15, 0.2) is 54.4 Å². The van der Waals surface area contributed by atoms with Crippen molar-refractivity contribution in [3.05, 3.63) is 65.6 Å². The zero-order chi connectivity index (χ0) is 13.4. The number of Topliss-reactive ketones (excluding diaryl/α,β-unsaturated/α-hetero) is 1. The van der Waals surface area contributed by atoms with Gasteiger partial charge < -0.3 is 4.90 Å². The lowest BCUT2D eigenvalue weighted by Gasteiger charge is -2.12. The number of carbonyl (C=O) groups is 1. The van der Waals surface area contributed by atoms with Gasteiger partial charge in [0, 0.05) is 30.8 Å². The van der Waals surface area contributed by atoms with Crippen LogP contribution in [0.2, 0.25) is 0 Å². The van der Waals surface area contributed by atoms with E-state index in [9.17, 15) is 4.79 Å². The SMILES string of the molecule is CN1/C(=C/c2cccc[n+]2C)C(=O)c2ccccc21. The summed E-state index contributed by atoms with van der Waals surface area (Å²) < 4.78 is 2.00. The third kappa shape index (κ3) is 1.83. The van der Waals surface area contributed by atoms with Crippen molar-refractivity contribution < 1.29 is 9.36 Å². The van der Waals surface area contributed by atoms with E-state index in [1.165, 1.54) is 0 Å². The Morgan fingerprint density at radius 2 is 1.84 bits per heavy atom. The number of carbonyl (C=O) groups excluding carboxylic acids is 1. The number of hydrogen-bond donors (Lipinski definition) is 0. The molecule has 0 aliphatic carbocycles. The number of fused-ring (bicyclic) bond motifs is 1. The van der Waals surface area contributed by atoms with Crippen molar-refractivity contribution in [1.82, 2.24) is 0 Å². The highest BCUT2D eigenvalue weighted by atomic mass is 16.1. The molecule has 1 aliphatic heterocycles. The normalized spacial score (nSPS) is 16.0. The number of aromatic nitrogens is 1. The number of anilines is 1. The monoisotopic (exact) mass is 251 g/mol. The number of pyridine rings is 1. The molecule has 19 heavy (non-hydrogen) atoms. The first-order valence-corrected chi connectivity index (χ1v) is 6.22. The van der Waals surface area contributed by atoms with E-state index in [1.807, 2.05) is 78.3 Å². The van der Waals surface area contributed by atoms with E-state index in [2.05, 4.69) is 0 Å². The topological polar surface area (TPSA) is 24.2 Å². The summed E-state index contributed by atoms with van der Waals surface area (Å²) in [7, 11) is 3.90. The molecular formula is C16H15N2O+. The lowest BCUT2D eigenvalue weighted by Crippen LogP contribution is -2.31. The number of para-hydroxylation sites is 1. The highest BCUT2D eigenvalue weighted by Gasteiger charge is 2.29. The molecule has 3 rings (SSSR count). The van der Waals surface area contributed by atoms with Gasteiger partial charge >= 0.3 is 0 Å². The average molecular weight is 251 g/mol.